The molecule has 21 heavy (non-hydrogen) atoms. The number of carbonyl (C=O) groups is 1. The molecule has 2 rings (SSSR count). The number of aromatic nitrogens is 3. The van der Waals surface area contributed by atoms with Gasteiger partial charge in [0, 0.05) is 12.5 Å². The zero-order valence-corrected chi connectivity index (χ0v) is 13.9. The molecule has 112 valence electrons. The lowest BCUT2D eigenvalue weighted by Crippen LogP contribution is -2.14. The van der Waals surface area contributed by atoms with Gasteiger partial charge in [0.05, 0.1) is 14.7 Å². The summed E-state index contributed by atoms with van der Waals surface area (Å²) in [6, 6.07) is 1.67. The molecule has 0 aromatic carbocycles. The number of aryl methyl sites for hydroxylation is 1. The molecule has 1 unspecified atom stereocenters. The van der Waals surface area contributed by atoms with Crippen LogP contribution in [0, 0.1) is 6.92 Å². The van der Waals surface area contributed by atoms with Crippen LogP contribution in [-0.4, -0.2) is 20.9 Å². The van der Waals surface area contributed by atoms with Gasteiger partial charge in [0.15, 0.2) is 0 Å². The first-order chi connectivity index (χ1) is 9.85. The van der Waals surface area contributed by atoms with Gasteiger partial charge in [-0.1, -0.05) is 23.2 Å². The van der Waals surface area contributed by atoms with Crippen LogP contribution in [0.15, 0.2) is 6.07 Å². The standard InChI is InChI=1S/C12H13Cl2N5OS/c1-5(8-4-9(13)21-10(8)14)15-11-16-6(2)17-12(19-11)18-7(3)20/h4-5H,1-3H3,(H2,15,16,17,18,19,20). The lowest BCUT2D eigenvalue weighted by atomic mass is 10.2. The highest BCUT2D eigenvalue weighted by molar-refractivity contribution is 7.20. The molecule has 0 aliphatic heterocycles. The maximum atomic E-state index is 11.1. The highest BCUT2D eigenvalue weighted by atomic mass is 35.5. The number of carbonyl (C=O) groups excluding carboxylic acids is 1. The summed E-state index contributed by atoms with van der Waals surface area (Å²) in [6.07, 6.45) is 0. The van der Waals surface area contributed by atoms with Crippen molar-refractivity contribution >= 4 is 52.3 Å². The van der Waals surface area contributed by atoms with E-state index in [0.717, 1.165) is 5.56 Å². The van der Waals surface area contributed by atoms with Crippen LogP contribution >= 0.6 is 34.5 Å². The van der Waals surface area contributed by atoms with Gasteiger partial charge in [0.25, 0.3) is 0 Å². The third-order valence-electron chi connectivity index (χ3n) is 2.53. The number of nitrogens with one attached hydrogen (secondary N) is 2. The predicted octanol–water partition coefficient (Wildman–Crippen LogP) is 3.68. The van der Waals surface area contributed by atoms with Gasteiger partial charge in [-0.3, -0.25) is 10.1 Å². The average Bonchev–Trinajstić information content (AvgIpc) is 2.66. The first-order valence-corrected chi connectivity index (χ1v) is 7.64. The minimum absolute atomic E-state index is 0.131. The molecule has 1 amide bonds. The summed E-state index contributed by atoms with van der Waals surface area (Å²) < 4.78 is 1.24. The maximum Gasteiger partial charge on any atom is 0.234 e. The van der Waals surface area contributed by atoms with Gasteiger partial charge < -0.3 is 5.32 Å². The Morgan fingerprint density at radius 2 is 1.95 bits per heavy atom. The number of hydrogen-bond acceptors (Lipinski definition) is 6. The van der Waals surface area contributed by atoms with Gasteiger partial charge in [0.2, 0.25) is 17.8 Å². The number of hydrogen-bond donors (Lipinski definition) is 2. The molecule has 6 nitrogen and oxygen atoms in total. The molecule has 2 aromatic rings. The molecule has 2 aromatic heterocycles. The molecule has 9 heteroatoms. The zero-order chi connectivity index (χ0) is 15.6. The van der Waals surface area contributed by atoms with Crippen molar-refractivity contribution in [2.45, 2.75) is 26.8 Å². The highest BCUT2D eigenvalue weighted by Gasteiger charge is 2.15. The lowest BCUT2D eigenvalue weighted by Gasteiger charge is -2.14. The van der Waals surface area contributed by atoms with E-state index < -0.39 is 0 Å². The van der Waals surface area contributed by atoms with Crippen molar-refractivity contribution in [1.82, 2.24) is 15.0 Å². The summed E-state index contributed by atoms with van der Waals surface area (Å²) >= 11 is 13.4. The monoisotopic (exact) mass is 345 g/mol. The van der Waals surface area contributed by atoms with Gasteiger partial charge in [-0.25, -0.2) is 0 Å². The molecule has 0 fully saturated rings. The van der Waals surface area contributed by atoms with Crippen LogP contribution in [0.25, 0.3) is 0 Å². The fraction of sp³-hybridized carbons (Fsp3) is 0.333. The van der Waals surface area contributed by atoms with E-state index in [1.54, 1.807) is 13.0 Å². The van der Waals surface area contributed by atoms with Crippen LogP contribution in [0.1, 0.15) is 31.3 Å². The lowest BCUT2D eigenvalue weighted by molar-refractivity contribution is -0.114. The van der Waals surface area contributed by atoms with E-state index in [4.69, 9.17) is 23.2 Å². The number of thiophene rings is 1. The van der Waals surface area contributed by atoms with E-state index in [0.29, 0.717) is 20.4 Å². The van der Waals surface area contributed by atoms with E-state index in [9.17, 15) is 4.79 Å². The largest absolute Gasteiger partial charge is 0.347 e. The molecule has 0 saturated heterocycles. The Kier molecular flexibility index (Phi) is 4.97. The minimum Gasteiger partial charge on any atom is -0.347 e. The minimum atomic E-state index is -0.243. The van der Waals surface area contributed by atoms with Gasteiger partial charge in [-0.2, -0.15) is 15.0 Å². The van der Waals surface area contributed by atoms with Crippen LogP contribution in [-0.2, 0) is 4.79 Å². The molecule has 2 heterocycles. The van der Waals surface area contributed by atoms with Crippen molar-refractivity contribution < 1.29 is 4.79 Å². The van der Waals surface area contributed by atoms with E-state index >= 15 is 0 Å². The number of halogens is 2. The van der Waals surface area contributed by atoms with Crippen molar-refractivity contribution in [3.05, 3.63) is 26.1 Å². The Labute approximate surface area is 135 Å². The molecule has 0 bridgehead atoms. The average molecular weight is 346 g/mol. The maximum absolute atomic E-state index is 11.1. The number of nitrogens with zero attached hydrogens (tertiary/aromatic N) is 3. The van der Waals surface area contributed by atoms with E-state index in [1.807, 2.05) is 6.92 Å². The topological polar surface area (TPSA) is 79.8 Å². The molecule has 1 atom stereocenters. The summed E-state index contributed by atoms with van der Waals surface area (Å²) in [6.45, 7) is 5.03. The number of amides is 1. The molecule has 0 aliphatic carbocycles. The quantitative estimate of drug-likeness (QED) is 0.883. The second kappa shape index (κ2) is 6.55. The van der Waals surface area contributed by atoms with Crippen molar-refractivity contribution in [3.8, 4) is 0 Å². The van der Waals surface area contributed by atoms with Crippen LogP contribution in [0.3, 0.4) is 0 Å². The summed E-state index contributed by atoms with van der Waals surface area (Å²) in [4.78, 5) is 23.4. The van der Waals surface area contributed by atoms with Crippen LogP contribution in [0.5, 0.6) is 0 Å². The Morgan fingerprint density at radius 1 is 1.29 bits per heavy atom. The normalized spacial score (nSPS) is 12.0. The first kappa shape index (κ1) is 15.9. The van der Waals surface area contributed by atoms with Crippen molar-refractivity contribution in [2.24, 2.45) is 0 Å². The van der Waals surface area contributed by atoms with Crippen molar-refractivity contribution in [1.29, 1.82) is 0 Å². The zero-order valence-electron chi connectivity index (χ0n) is 11.6. The highest BCUT2D eigenvalue weighted by Crippen LogP contribution is 2.35. The first-order valence-electron chi connectivity index (χ1n) is 6.06. The molecule has 0 saturated carbocycles. The van der Waals surface area contributed by atoms with Crippen LogP contribution in [0.2, 0.25) is 8.67 Å². The molecule has 0 spiro atoms. The second-order valence-electron chi connectivity index (χ2n) is 4.36. The molecular formula is C12H13Cl2N5OS. The predicted molar refractivity (Wildman–Crippen MR) is 85.2 cm³/mol. The fourth-order valence-corrected chi connectivity index (χ4v) is 3.33. The Hall–Kier alpha value is -1.44. The molecular weight excluding hydrogens is 333 g/mol. The SMILES string of the molecule is CC(=O)Nc1nc(C)nc(NC(C)c2cc(Cl)sc2Cl)n1. The Bertz CT molecular complexity index is 676. The van der Waals surface area contributed by atoms with Crippen LogP contribution < -0.4 is 10.6 Å². The van der Waals surface area contributed by atoms with E-state index in [-0.39, 0.29) is 17.9 Å². The number of rotatable bonds is 4. The summed E-state index contributed by atoms with van der Waals surface area (Å²) in [5.41, 5.74) is 0.866. The van der Waals surface area contributed by atoms with Crippen molar-refractivity contribution in [2.75, 3.05) is 10.6 Å². The van der Waals surface area contributed by atoms with E-state index in [1.165, 1.54) is 18.3 Å². The van der Waals surface area contributed by atoms with E-state index in [2.05, 4.69) is 25.6 Å². The molecule has 0 aliphatic rings. The van der Waals surface area contributed by atoms with Gasteiger partial charge in [-0.05, 0) is 19.9 Å². The smallest absolute Gasteiger partial charge is 0.234 e. The third-order valence-corrected chi connectivity index (χ3v) is 4.05. The Morgan fingerprint density at radius 3 is 2.52 bits per heavy atom. The van der Waals surface area contributed by atoms with Gasteiger partial charge in [-0.15, -0.1) is 11.3 Å². The van der Waals surface area contributed by atoms with Gasteiger partial charge >= 0.3 is 0 Å². The molecule has 0 radical (unpaired) electrons. The third kappa shape index (κ3) is 4.26. The summed E-state index contributed by atoms with van der Waals surface area (Å²) in [7, 11) is 0. The van der Waals surface area contributed by atoms with Crippen LogP contribution in [0.4, 0.5) is 11.9 Å². The van der Waals surface area contributed by atoms with Gasteiger partial charge in [0.1, 0.15) is 5.82 Å². The molecule has 2 N–H and O–H groups in total. The summed E-state index contributed by atoms with van der Waals surface area (Å²) in [5, 5.41) is 5.65. The van der Waals surface area contributed by atoms with Crippen molar-refractivity contribution in [3.63, 3.8) is 0 Å². The number of anilines is 2. The Balaban J connectivity index is 2.20. The second-order valence-corrected chi connectivity index (χ2v) is 6.64. The summed E-state index contributed by atoms with van der Waals surface area (Å²) in [5.74, 6) is 0.821. The fourth-order valence-electron chi connectivity index (χ4n) is 1.68.